The molecule has 1 atom stereocenters. The monoisotopic (exact) mass is 243 g/mol. The average molecular weight is 243 g/mol. The first-order valence-electron chi connectivity index (χ1n) is 6.77. The van der Waals surface area contributed by atoms with Crippen molar-refractivity contribution in [1.82, 2.24) is 4.98 Å². The maximum atomic E-state index is 10.4. The second-order valence-corrected chi connectivity index (χ2v) is 4.88. The molecule has 1 aromatic heterocycles. The highest BCUT2D eigenvalue weighted by atomic mass is 16.3. The van der Waals surface area contributed by atoms with Crippen LogP contribution in [0.3, 0.4) is 0 Å². The summed E-state index contributed by atoms with van der Waals surface area (Å²) in [5.74, 6) is 0.582. The van der Waals surface area contributed by atoms with E-state index in [9.17, 15) is 5.11 Å². The molecule has 0 aliphatic carbocycles. The van der Waals surface area contributed by atoms with Gasteiger partial charge in [-0.05, 0) is 17.7 Å². The Morgan fingerprint density at radius 2 is 1.83 bits per heavy atom. The van der Waals surface area contributed by atoms with Crippen LogP contribution in [0.15, 0.2) is 36.7 Å². The van der Waals surface area contributed by atoms with E-state index in [1.807, 2.05) is 24.4 Å². The van der Waals surface area contributed by atoms with Crippen molar-refractivity contribution < 1.29 is 5.11 Å². The van der Waals surface area contributed by atoms with E-state index in [0.717, 1.165) is 35.6 Å². The first-order valence-corrected chi connectivity index (χ1v) is 6.77. The molecule has 96 valence electrons. The van der Waals surface area contributed by atoms with Crippen molar-refractivity contribution in [2.24, 2.45) is 5.92 Å². The number of nitrogens with zero attached hydrogens (tertiary/aromatic N) is 1. The number of fused-ring (bicyclic) bond motifs is 1. The number of pyridine rings is 1. The van der Waals surface area contributed by atoms with E-state index in [4.69, 9.17) is 0 Å². The number of hydrogen-bond acceptors (Lipinski definition) is 2. The van der Waals surface area contributed by atoms with E-state index in [2.05, 4.69) is 24.9 Å². The van der Waals surface area contributed by atoms with Gasteiger partial charge in [-0.2, -0.15) is 0 Å². The van der Waals surface area contributed by atoms with Gasteiger partial charge in [-0.25, -0.2) is 0 Å². The van der Waals surface area contributed by atoms with Gasteiger partial charge in [0.2, 0.25) is 0 Å². The summed E-state index contributed by atoms with van der Waals surface area (Å²) in [6, 6.07) is 8.11. The predicted molar refractivity (Wildman–Crippen MR) is 75.4 cm³/mol. The average Bonchev–Trinajstić information content (AvgIpc) is 2.43. The summed E-state index contributed by atoms with van der Waals surface area (Å²) >= 11 is 0. The van der Waals surface area contributed by atoms with Gasteiger partial charge in [-0.15, -0.1) is 0 Å². The summed E-state index contributed by atoms with van der Waals surface area (Å²) in [6.07, 6.45) is 6.30. The van der Waals surface area contributed by atoms with Gasteiger partial charge in [0.25, 0.3) is 0 Å². The van der Waals surface area contributed by atoms with Gasteiger partial charge in [0, 0.05) is 23.3 Å². The lowest BCUT2D eigenvalue weighted by Crippen LogP contribution is -2.06. The summed E-state index contributed by atoms with van der Waals surface area (Å²) in [6.45, 7) is 4.37. The lowest BCUT2D eigenvalue weighted by Gasteiger charge is -2.18. The van der Waals surface area contributed by atoms with E-state index in [1.54, 1.807) is 6.20 Å². The Hall–Kier alpha value is -1.41. The zero-order chi connectivity index (χ0) is 13.0. The van der Waals surface area contributed by atoms with Crippen molar-refractivity contribution in [3.63, 3.8) is 0 Å². The minimum absolute atomic E-state index is 0.409. The Kier molecular flexibility index (Phi) is 4.32. The minimum Gasteiger partial charge on any atom is -0.388 e. The molecule has 1 unspecified atom stereocenters. The van der Waals surface area contributed by atoms with E-state index >= 15 is 0 Å². The molecule has 1 aromatic carbocycles. The van der Waals surface area contributed by atoms with E-state index in [-0.39, 0.29) is 0 Å². The number of rotatable bonds is 5. The van der Waals surface area contributed by atoms with Crippen molar-refractivity contribution in [3.05, 3.63) is 42.2 Å². The predicted octanol–water partition coefficient (Wildman–Crippen LogP) is 4.09. The molecule has 0 spiro atoms. The number of aliphatic hydroxyl groups is 1. The molecule has 2 aromatic rings. The van der Waals surface area contributed by atoms with Crippen LogP contribution in [0.4, 0.5) is 0 Å². The maximum Gasteiger partial charge on any atom is 0.0813 e. The first-order chi connectivity index (χ1) is 8.76. The van der Waals surface area contributed by atoms with Gasteiger partial charge < -0.3 is 5.11 Å². The smallest absolute Gasteiger partial charge is 0.0813 e. The van der Waals surface area contributed by atoms with Crippen molar-refractivity contribution in [1.29, 1.82) is 0 Å². The van der Waals surface area contributed by atoms with Gasteiger partial charge in [-0.3, -0.25) is 4.98 Å². The van der Waals surface area contributed by atoms with Crippen LogP contribution in [0.1, 0.15) is 44.8 Å². The van der Waals surface area contributed by atoms with Crippen LogP contribution in [-0.4, -0.2) is 10.1 Å². The lowest BCUT2D eigenvalue weighted by molar-refractivity contribution is 0.142. The molecule has 0 aliphatic heterocycles. The van der Waals surface area contributed by atoms with Crippen molar-refractivity contribution in [2.45, 2.75) is 39.2 Å². The Labute approximate surface area is 109 Å². The number of benzene rings is 1. The van der Waals surface area contributed by atoms with Crippen LogP contribution in [0.25, 0.3) is 10.8 Å². The topological polar surface area (TPSA) is 33.1 Å². The molecular formula is C16H21NO. The third kappa shape index (κ3) is 2.70. The molecule has 2 rings (SSSR count). The van der Waals surface area contributed by atoms with Gasteiger partial charge in [0.15, 0.2) is 0 Å². The number of aromatic nitrogens is 1. The zero-order valence-electron chi connectivity index (χ0n) is 11.1. The standard InChI is InChI=1S/C16H21NO/c1-3-12(4-2)9-16(18)15-11-17-10-13-7-5-6-8-14(13)15/h5-8,10-12,16,18H,3-4,9H2,1-2H3. The molecule has 1 N–H and O–H groups in total. The summed E-state index contributed by atoms with van der Waals surface area (Å²) in [5.41, 5.74) is 0.958. The Morgan fingerprint density at radius 3 is 2.56 bits per heavy atom. The van der Waals surface area contributed by atoms with E-state index in [1.165, 1.54) is 0 Å². The molecule has 0 amide bonds. The zero-order valence-corrected chi connectivity index (χ0v) is 11.1. The van der Waals surface area contributed by atoms with Crippen LogP contribution in [-0.2, 0) is 0 Å². The fourth-order valence-corrected chi connectivity index (χ4v) is 2.47. The third-order valence-corrected chi connectivity index (χ3v) is 3.77. The normalized spacial score (nSPS) is 13.1. The first kappa shape index (κ1) is 13.0. The third-order valence-electron chi connectivity index (χ3n) is 3.77. The largest absolute Gasteiger partial charge is 0.388 e. The summed E-state index contributed by atoms with van der Waals surface area (Å²) in [7, 11) is 0. The van der Waals surface area contributed by atoms with Crippen molar-refractivity contribution in [2.75, 3.05) is 0 Å². The van der Waals surface area contributed by atoms with Crippen molar-refractivity contribution in [3.8, 4) is 0 Å². The molecule has 0 saturated carbocycles. The van der Waals surface area contributed by atoms with E-state index < -0.39 is 6.10 Å². The molecule has 18 heavy (non-hydrogen) atoms. The second kappa shape index (κ2) is 5.96. The van der Waals surface area contributed by atoms with Crippen LogP contribution < -0.4 is 0 Å². The Morgan fingerprint density at radius 1 is 1.11 bits per heavy atom. The lowest BCUT2D eigenvalue weighted by atomic mass is 9.92. The fourth-order valence-electron chi connectivity index (χ4n) is 2.47. The summed E-state index contributed by atoms with van der Waals surface area (Å²) in [4.78, 5) is 4.23. The fraction of sp³-hybridized carbons (Fsp3) is 0.438. The Balaban J connectivity index is 2.30. The molecule has 0 saturated heterocycles. The van der Waals surface area contributed by atoms with Crippen LogP contribution >= 0.6 is 0 Å². The molecular weight excluding hydrogens is 222 g/mol. The molecule has 0 fully saturated rings. The molecule has 0 bridgehead atoms. The molecule has 0 aliphatic rings. The highest BCUT2D eigenvalue weighted by molar-refractivity contribution is 5.84. The van der Waals surface area contributed by atoms with Gasteiger partial charge in [0.05, 0.1) is 6.10 Å². The SMILES string of the molecule is CCC(CC)CC(O)c1cncc2ccccc12. The summed E-state index contributed by atoms with van der Waals surface area (Å²) in [5, 5.41) is 12.6. The van der Waals surface area contributed by atoms with Crippen molar-refractivity contribution >= 4 is 10.8 Å². The highest BCUT2D eigenvalue weighted by Crippen LogP contribution is 2.29. The quantitative estimate of drug-likeness (QED) is 0.857. The summed E-state index contributed by atoms with van der Waals surface area (Å²) < 4.78 is 0. The minimum atomic E-state index is -0.409. The molecule has 2 nitrogen and oxygen atoms in total. The Bertz CT molecular complexity index is 500. The van der Waals surface area contributed by atoms with Crippen LogP contribution in [0.5, 0.6) is 0 Å². The van der Waals surface area contributed by atoms with E-state index in [0.29, 0.717) is 5.92 Å². The highest BCUT2D eigenvalue weighted by Gasteiger charge is 2.15. The van der Waals surface area contributed by atoms with Gasteiger partial charge in [0.1, 0.15) is 0 Å². The maximum absolute atomic E-state index is 10.4. The van der Waals surface area contributed by atoms with Gasteiger partial charge >= 0.3 is 0 Å². The molecule has 2 heteroatoms. The number of hydrogen-bond donors (Lipinski definition) is 1. The van der Waals surface area contributed by atoms with Crippen LogP contribution in [0, 0.1) is 5.92 Å². The van der Waals surface area contributed by atoms with Gasteiger partial charge in [-0.1, -0.05) is 51.0 Å². The molecule has 0 radical (unpaired) electrons. The number of aliphatic hydroxyl groups excluding tert-OH is 1. The van der Waals surface area contributed by atoms with Crippen LogP contribution in [0.2, 0.25) is 0 Å². The second-order valence-electron chi connectivity index (χ2n) is 4.88. The molecule has 1 heterocycles.